The predicted molar refractivity (Wildman–Crippen MR) is 59.0 cm³/mol. The average molecular weight is 214 g/mol. The zero-order valence-corrected chi connectivity index (χ0v) is 10.2. The van der Waals surface area contributed by atoms with Crippen molar-refractivity contribution >= 4 is 5.91 Å². The van der Waals surface area contributed by atoms with Crippen LogP contribution in [0, 0.1) is 5.41 Å². The molecule has 0 spiro atoms. The Morgan fingerprint density at radius 2 is 2.07 bits per heavy atom. The zero-order valence-electron chi connectivity index (χ0n) is 10.2. The molecule has 0 unspecified atom stereocenters. The van der Waals surface area contributed by atoms with E-state index in [1.165, 1.54) is 0 Å². The molecule has 0 aromatic carbocycles. The van der Waals surface area contributed by atoms with Crippen LogP contribution in [0.4, 0.5) is 0 Å². The maximum Gasteiger partial charge on any atom is 0.238 e. The van der Waals surface area contributed by atoms with Gasteiger partial charge in [0.1, 0.15) is 0 Å². The molecule has 1 saturated heterocycles. The fraction of sp³-hybridized carbons (Fsp3) is 0.909. The molecule has 1 rings (SSSR count). The summed E-state index contributed by atoms with van der Waals surface area (Å²) in [7, 11) is 0. The molecule has 0 saturated carbocycles. The second kappa shape index (κ2) is 4.49. The second-order valence-electron chi connectivity index (χ2n) is 5.29. The Labute approximate surface area is 91.8 Å². The molecular formula is C11H22N2O2. The van der Waals surface area contributed by atoms with Gasteiger partial charge >= 0.3 is 0 Å². The van der Waals surface area contributed by atoms with E-state index in [0.29, 0.717) is 6.42 Å². The highest BCUT2D eigenvalue weighted by atomic mass is 16.3. The van der Waals surface area contributed by atoms with Gasteiger partial charge in [-0.1, -0.05) is 13.8 Å². The Balaban J connectivity index is 2.66. The third kappa shape index (κ3) is 2.92. The lowest BCUT2D eigenvalue weighted by atomic mass is 9.95. The average Bonchev–Trinajstić information content (AvgIpc) is 2.46. The first-order valence-corrected chi connectivity index (χ1v) is 5.55. The smallest absolute Gasteiger partial charge is 0.238 e. The van der Waals surface area contributed by atoms with E-state index >= 15 is 0 Å². The van der Waals surface area contributed by atoms with Gasteiger partial charge in [-0.15, -0.1) is 0 Å². The number of hydrogen-bond donors (Lipinski definition) is 1. The van der Waals surface area contributed by atoms with Crippen molar-refractivity contribution in [2.45, 2.75) is 40.2 Å². The number of carbonyl (C=O) groups is 1. The summed E-state index contributed by atoms with van der Waals surface area (Å²) >= 11 is 0. The quantitative estimate of drug-likeness (QED) is 0.755. The van der Waals surface area contributed by atoms with Gasteiger partial charge in [0.25, 0.3) is 0 Å². The van der Waals surface area contributed by atoms with Crippen LogP contribution in [0.3, 0.4) is 0 Å². The van der Waals surface area contributed by atoms with Crippen LogP contribution in [0.25, 0.3) is 0 Å². The molecule has 4 heteroatoms. The summed E-state index contributed by atoms with van der Waals surface area (Å²) in [6.07, 6.45) is 0.597. The topological polar surface area (TPSA) is 43.8 Å². The number of hydrogen-bond acceptors (Lipinski definition) is 3. The first kappa shape index (κ1) is 12.5. The maximum absolute atomic E-state index is 11.6. The van der Waals surface area contributed by atoms with Crippen molar-refractivity contribution in [3.05, 3.63) is 0 Å². The number of aliphatic hydroxyl groups is 1. The van der Waals surface area contributed by atoms with E-state index in [-0.39, 0.29) is 24.0 Å². The van der Waals surface area contributed by atoms with Crippen LogP contribution in [-0.2, 0) is 4.79 Å². The first-order chi connectivity index (χ1) is 6.87. The number of aliphatic hydroxyl groups excluding tert-OH is 1. The first-order valence-electron chi connectivity index (χ1n) is 5.55. The van der Waals surface area contributed by atoms with Crippen LogP contribution in [0.5, 0.6) is 0 Å². The molecule has 1 fully saturated rings. The van der Waals surface area contributed by atoms with Crippen molar-refractivity contribution in [2.75, 3.05) is 19.7 Å². The van der Waals surface area contributed by atoms with Crippen LogP contribution in [0.1, 0.15) is 34.1 Å². The van der Waals surface area contributed by atoms with Crippen molar-refractivity contribution in [1.82, 2.24) is 10.0 Å². The molecule has 0 atom stereocenters. The van der Waals surface area contributed by atoms with Crippen LogP contribution in [0.15, 0.2) is 0 Å². The third-order valence-corrected chi connectivity index (χ3v) is 2.67. The molecule has 0 aromatic heterocycles. The number of hydrazine groups is 1. The molecule has 0 aliphatic carbocycles. The van der Waals surface area contributed by atoms with E-state index in [1.807, 2.05) is 32.7 Å². The van der Waals surface area contributed by atoms with Crippen molar-refractivity contribution in [3.63, 3.8) is 0 Å². The summed E-state index contributed by atoms with van der Waals surface area (Å²) in [4.78, 5) is 11.6. The molecular weight excluding hydrogens is 192 g/mol. The molecule has 0 aromatic rings. The van der Waals surface area contributed by atoms with Gasteiger partial charge in [-0.05, 0) is 13.8 Å². The monoisotopic (exact) mass is 214 g/mol. The van der Waals surface area contributed by atoms with Gasteiger partial charge in [0, 0.05) is 37.6 Å². The van der Waals surface area contributed by atoms with E-state index < -0.39 is 0 Å². The van der Waals surface area contributed by atoms with Crippen LogP contribution in [0.2, 0.25) is 0 Å². The van der Waals surface area contributed by atoms with E-state index in [9.17, 15) is 9.90 Å². The Bertz CT molecular complexity index is 239. The van der Waals surface area contributed by atoms with E-state index in [0.717, 1.165) is 13.1 Å². The summed E-state index contributed by atoms with van der Waals surface area (Å²) < 4.78 is 0. The lowest BCUT2D eigenvalue weighted by Gasteiger charge is -2.36. The van der Waals surface area contributed by atoms with E-state index in [4.69, 9.17) is 0 Å². The molecule has 1 N–H and O–H groups in total. The van der Waals surface area contributed by atoms with Gasteiger partial charge in [0.05, 0.1) is 0 Å². The third-order valence-electron chi connectivity index (χ3n) is 2.67. The Morgan fingerprint density at radius 1 is 1.47 bits per heavy atom. The Kier molecular flexibility index (Phi) is 3.73. The van der Waals surface area contributed by atoms with Gasteiger partial charge in [-0.3, -0.25) is 9.80 Å². The fourth-order valence-electron chi connectivity index (χ4n) is 1.92. The summed E-state index contributed by atoms with van der Waals surface area (Å²) in [5.41, 5.74) is -0.155. The van der Waals surface area contributed by atoms with Crippen molar-refractivity contribution in [3.8, 4) is 0 Å². The zero-order chi connectivity index (χ0) is 11.6. The van der Waals surface area contributed by atoms with Crippen LogP contribution < -0.4 is 0 Å². The minimum Gasteiger partial charge on any atom is -0.396 e. The Morgan fingerprint density at radius 3 is 2.53 bits per heavy atom. The molecule has 1 aliphatic heterocycles. The van der Waals surface area contributed by atoms with E-state index in [1.54, 1.807) is 0 Å². The number of amides is 1. The van der Waals surface area contributed by atoms with Crippen molar-refractivity contribution < 1.29 is 9.90 Å². The molecule has 88 valence electrons. The predicted octanol–water partition coefficient (Wildman–Crippen LogP) is 0.863. The van der Waals surface area contributed by atoms with Gasteiger partial charge in [-0.25, -0.2) is 5.01 Å². The lowest BCUT2D eigenvalue weighted by Crippen LogP contribution is -2.48. The molecule has 0 bridgehead atoms. The molecule has 0 radical (unpaired) electrons. The maximum atomic E-state index is 11.6. The van der Waals surface area contributed by atoms with E-state index in [2.05, 4.69) is 5.01 Å². The number of rotatable bonds is 4. The summed E-state index contributed by atoms with van der Waals surface area (Å²) in [5, 5.41) is 13.1. The molecule has 1 heterocycles. The van der Waals surface area contributed by atoms with Crippen LogP contribution >= 0.6 is 0 Å². The SMILES string of the molecule is CC(C)N1C(=O)CCN1CC(C)(C)CO. The normalized spacial score (nSPS) is 19.3. The standard InChI is InChI=1S/C11H22N2O2/c1-9(2)13-10(15)5-6-12(13)7-11(3,4)8-14/h9,14H,5-8H2,1-4H3. The van der Waals surface area contributed by atoms with Gasteiger partial charge in [0.15, 0.2) is 0 Å². The molecule has 15 heavy (non-hydrogen) atoms. The molecule has 1 amide bonds. The number of nitrogens with zero attached hydrogens (tertiary/aromatic N) is 2. The van der Waals surface area contributed by atoms with Crippen LogP contribution in [-0.4, -0.2) is 46.8 Å². The van der Waals surface area contributed by atoms with Gasteiger partial charge < -0.3 is 5.11 Å². The summed E-state index contributed by atoms with van der Waals surface area (Å²) in [6, 6.07) is 0.203. The summed E-state index contributed by atoms with van der Waals surface area (Å²) in [5.74, 6) is 0.193. The van der Waals surface area contributed by atoms with Crippen molar-refractivity contribution in [1.29, 1.82) is 0 Å². The highest BCUT2D eigenvalue weighted by molar-refractivity contribution is 5.77. The van der Waals surface area contributed by atoms with Crippen molar-refractivity contribution in [2.24, 2.45) is 5.41 Å². The largest absolute Gasteiger partial charge is 0.396 e. The number of carbonyl (C=O) groups excluding carboxylic acids is 1. The minimum absolute atomic E-state index is 0.142. The minimum atomic E-state index is -0.155. The fourth-order valence-corrected chi connectivity index (χ4v) is 1.92. The highest BCUT2D eigenvalue weighted by Crippen LogP contribution is 2.22. The summed E-state index contributed by atoms with van der Waals surface area (Å²) in [6.45, 7) is 9.70. The Hall–Kier alpha value is -0.610. The van der Waals surface area contributed by atoms with Gasteiger partial charge in [-0.2, -0.15) is 0 Å². The second-order valence-corrected chi connectivity index (χ2v) is 5.29. The highest BCUT2D eigenvalue weighted by Gasteiger charge is 2.34. The lowest BCUT2D eigenvalue weighted by molar-refractivity contribution is -0.143. The van der Waals surface area contributed by atoms with Gasteiger partial charge in [0.2, 0.25) is 5.91 Å². The molecule has 1 aliphatic rings. The molecule has 4 nitrogen and oxygen atoms in total.